The van der Waals surface area contributed by atoms with E-state index in [0.29, 0.717) is 48.1 Å². The smallest absolute Gasteiger partial charge is 0.272 e. The molecule has 1 amide bonds. The van der Waals surface area contributed by atoms with Crippen LogP contribution in [0.15, 0.2) is 41.6 Å². The number of amides is 1. The monoisotopic (exact) mass is 477 g/mol. The molecule has 1 unspecified atom stereocenters. The van der Waals surface area contributed by atoms with Crippen LogP contribution in [0.1, 0.15) is 66.6 Å². The second-order valence-electron chi connectivity index (χ2n) is 9.44. The average molecular weight is 478 g/mol. The number of carbonyl (C=O) groups is 1. The Bertz CT molecular complexity index is 1130. The van der Waals surface area contributed by atoms with Crippen molar-refractivity contribution < 1.29 is 9.90 Å². The quantitative estimate of drug-likeness (QED) is 0.705. The van der Waals surface area contributed by atoms with E-state index < -0.39 is 0 Å². The minimum absolute atomic E-state index is 0.0931. The normalized spacial score (nSPS) is 21.6. The number of aliphatic hydroxyl groups excluding tert-OH is 1. The summed E-state index contributed by atoms with van der Waals surface area (Å²) in [5.41, 5.74) is 3.63. The summed E-state index contributed by atoms with van der Waals surface area (Å²) in [5, 5.41) is 26.4. The Morgan fingerprint density at radius 3 is 2.53 bits per heavy atom. The van der Waals surface area contributed by atoms with Crippen molar-refractivity contribution in [1.29, 1.82) is 5.26 Å². The van der Waals surface area contributed by atoms with Crippen LogP contribution in [-0.2, 0) is 0 Å². The van der Waals surface area contributed by atoms with Gasteiger partial charge < -0.3 is 10.0 Å². The molecular formula is C26H28ClN5O2. The average Bonchev–Trinajstić information content (AvgIpc) is 3.54. The minimum atomic E-state index is -0.318. The number of likely N-dealkylation sites (tertiary alicyclic amines) is 1. The molecule has 176 valence electrons. The third-order valence-corrected chi connectivity index (χ3v) is 7.61. The van der Waals surface area contributed by atoms with Gasteiger partial charge in [0.05, 0.1) is 34.1 Å². The van der Waals surface area contributed by atoms with Gasteiger partial charge in [0, 0.05) is 31.3 Å². The Morgan fingerprint density at radius 2 is 1.88 bits per heavy atom. The molecule has 2 aromatic rings. The molecule has 1 saturated carbocycles. The Balaban J connectivity index is 1.38. The van der Waals surface area contributed by atoms with Crippen LogP contribution >= 0.6 is 11.6 Å². The number of nitriles is 1. The summed E-state index contributed by atoms with van der Waals surface area (Å²) < 4.78 is 0. The van der Waals surface area contributed by atoms with E-state index in [1.807, 2.05) is 18.2 Å². The van der Waals surface area contributed by atoms with Crippen molar-refractivity contribution in [2.75, 3.05) is 18.1 Å². The molecule has 5 rings (SSSR count). The van der Waals surface area contributed by atoms with Crippen LogP contribution in [0.4, 0.5) is 5.69 Å². The third kappa shape index (κ3) is 4.53. The molecule has 0 spiro atoms. The van der Waals surface area contributed by atoms with Crippen LogP contribution in [0.5, 0.6) is 0 Å². The third-order valence-electron chi connectivity index (χ3n) is 7.29. The van der Waals surface area contributed by atoms with Gasteiger partial charge in [0.15, 0.2) is 0 Å². The maximum Gasteiger partial charge on any atom is 0.272 e. The Hall–Kier alpha value is -2.95. The number of carbonyl (C=O) groups excluding carboxylic acids is 1. The number of aliphatic hydroxyl groups is 1. The predicted molar refractivity (Wildman–Crippen MR) is 131 cm³/mol. The van der Waals surface area contributed by atoms with Crippen LogP contribution in [0.25, 0.3) is 0 Å². The van der Waals surface area contributed by atoms with Gasteiger partial charge in [0.2, 0.25) is 0 Å². The number of nitrogens with zero attached hydrogens (tertiary/aromatic N) is 5. The molecule has 1 aromatic carbocycles. The first-order valence-corrected chi connectivity index (χ1v) is 12.4. The zero-order chi connectivity index (χ0) is 23.7. The van der Waals surface area contributed by atoms with Gasteiger partial charge in [-0.2, -0.15) is 10.4 Å². The molecule has 0 bridgehead atoms. The van der Waals surface area contributed by atoms with Crippen molar-refractivity contribution in [3.8, 4) is 6.07 Å². The summed E-state index contributed by atoms with van der Waals surface area (Å²) >= 11 is 6.33. The van der Waals surface area contributed by atoms with Gasteiger partial charge in [-0.25, -0.2) is 0 Å². The molecule has 3 aliphatic rings. The molecule has 0 radical (unpaired) electrons. The number of hydrogen-bond donors (Lipinski definition) is 1. The van der Waals surface area contributed by atoms with Gasteiger partial charge in [0.25, 0.3) is 5.91 Å². The van der Waals surface area contributed by atoms with Crippen LogP contribution in [-0.4, -0.2) is 51.8 Å². The van der Waals surface area contributed by atoms with Gasteiger partial charge >= 0.3 is 0 Å². The van der Waals surface area contributed by atoms with Crippen LogP contribution < -0.4 is 5.01 Å². The number of benzene rings is 1. The van der Waals surface area contributed by atoms with Crippen molar-refractivity contribution in [3.05, 3.63) is 58.4 Å². The topological polar surface area (TPSA) is 92.8 Å². The first-order chi connectivity index (χ1) is 16.5. The van der Waals surface area contributed by atoms with Gasteiger partial charge in [0.1, 0.15) is 11.8 Å². The van der Waals surface area contributed by atoms with E-state index in [1.165, 1.54) is 25.7 Å². The highest BCUT2D eigenvalue weighted by Crippen LogP contribution is 2.39. The van der Waals surface area contributed by atoms with Gasteiger partial charge in [-0.15, -0.1) is 0 Å². The largest absolute Gasteiger partial charge is 0.393 e. The fourth-order valence-electron chi connectivity index (χ4n) is 5.32. The lowest BCUT2D eigenvalue weighted by atomic mass is 9.92. The molecule has 2 fully saturated rings. The first kappa shape index (κ1) is 22.8. The number of anilines is 1. The van der Waals surface area contributed by atoms with Crippen molar-refractivity contribution in [3.63, 3.8) is 0 Å². The highest BCUT2D eigenvalue weighted by atomic mass is 35.5. The Kier molecular flexibility index (Phi) is 6.53. The van der Waals surface area contributed by atoms with E-state index in [-0.39, 0.29) is 18.1 Å². The maximum absolute atomic E-state index is 12.8. The van der Waals surface area contributed by atoms with E-state index in [2.05, 4.69) is 16.1 Å². The Morgan fingerprint density at radius 1 is 1.12 bits per heavy atom. The SMILES string of the molecule is N#Cc1ccc(N2N=C(c3ccc(C(=O)N4CCC(O)CC4)nc3)CC2C2CCCC2)cc1Cl. The molecule has 1 N–H and O–H groups in total. The molecule has 34 heavy (non-hydrogen) atoms. The van der Waals surface area contributed by atoms with E-state index in [1.54, 1.807) is 23.2 Å². The molecule has 2 aliphatic heterocycles. The molecule has 7 nitrogen and oxygen atoms in total. The fraction of sp³-hybridized carbons (Fsp3) is 0.462. The van der Waals surface area contributed by atoms with E-state index in [4.69, 9.17) is 16.7 Å². The van der Waals surface area contributed by atoms with E-state index in [9.17, 15) is 15.2 Å². The zero-order valence-corrected chi connectivity index (χ0v) is 19.8. The molecule has 8 heteroatoms. The van der Waals surface area contributed by atoms with Crippen LogP contribution in [0.2, 0.25) is 5.02 Å². The number of hydrogen-bond acceptors (Lipinski definition) is 6. The molecular weight excluding hydrogens is 450 g/mol. The fourth-order valence-corrected chi connectivity index (χ4v) is 5.54. The second-order valence-corrected chi connectivity index (χ2v) is 9.85. The summed E-state index contributed by atoms with van der Waals surface area (Å²) in [6.07, 6.45) is 8.30. The highest BCUT2D eigenvalue weighted by Gasteiger charge is 2.36. The summed E-state index contributed by atoms with van der Waals surface area (Å²) in [6, 6.07) is 11.5. The van der Waals surface area contributed by atoms with Gasteiger partial charge in [-0.1, -0.05) is 24.4 Å². The van der Waals surface area contributed by atoms with Gasteiger partial charge in [-0.05, 0) is 61.9 Å². The zero-order valence-electron chi connectivity index (χ0n) is 19.0. The molecule has 3 heterocycles. The molecule has 1 aromatic heterocycles. The molecule has 1 saturated heterocycles. The van der Waals surface area contributed by atoms with Crippen molar-refractivity contribution in [2.24, 2.45) is 11.0 Å². The van der Waals surface area contributed by atoms with Crippen molar-refractivity contribution in [2.45, 2.75) is 57.1 Å². The molecule has 1 atom stereocenters. The summed E-state index contributed by atoms with van der Waals surface area (Å²) in [4.78, 5) is 19.0. The predicted octanol–water partition coefficient (Wildman–Crippen LogP) is 4.38. The molecule has 1 aliphatic carbocycles. The number of rotatable bonds is 4. The number of piperidine rings is 1. The lowest BCUT2D eigenvalue weighted by Gasteiger charge is -2.29. The summed E-state index contributed by atoms with van der Waals surface area (Å²) in [6.45, 7) is 1.11. The lowest BCUT2D eigenvalue weighted by molar-refractivity contribution is 0.0541. The number of pyridine rings is 1. The number of halogens is 1. The standard InChI is InChI=1S/C26H28ClN5O2/c27-22-13-20(7-5-18(22)15-28)32-25(17-3-1-2-4-17)14-24(30-32)19-6-8-23(29-16-19)26(34)31-11-9-21(33)10-12-31/h5-8,13,16-17,21,25,33H,1-4,9-12,14H2. The van der Waals surface area contributed by atoms with Crippen molar-refractivity contribution in [1.82, 2.24) is 9.88 Å². The first-order valence-electron chi connectivity index (χ1n) is 12.0. The van der Waals surface area contributed by atoms with Crippen molar-refractivity contribution >= 4 is 28.9 Å². The number of hydrazone groups is 1. The Labute approximate surface area is 204 Å². The lowest BCUT2D eigenvalue weighted by Crippen LogP contribution is -2.40. The number of aromatic nitrogens is 1. The van der Waals surface area contributed by atoms with Crippen LogP contribution in [0.3, 0.4) is 0 Å². The minimum Gasteiger partial charge on any atom is -0.393 e. The van der Waals surface area contributed by atoms with Gasteiger partial charge in [-0.3, -0.25) is 14.8 Å². The maximum atomic E-state index is 12.8. The van der Waals surface area contributed by atoms with E-state index >= 15 is 0 Å². The van der Waals surface area contributed by atoms with E-state index in [0.717, 1.165) is 23.4 Å². The highest BCUT2D eigenvalue weighted by molar-refractivity contribution is 6.32. The van der Waals surface area contributed by atoms with Crippen LogP contribution in [0, 0.1) is 17.2 Å². The summed E-state index contributed by atoms with van der Waals surface area (Å²) in [7, 11) is 0. The second kappa shape index (κ2) is 9.73. The summed E-state index contributed by atoms with van der Waals surface area (Å²) in [5.74, 6) is 0.462.